The van der Waals surface area contributed by atoms with Crippen molar-refractivity contribution in [1.82, 2.24) is 9.97 Å². The van der Waals surface area contributed by atoms with Crippen LogP contribution in [0.15, 0.2) is 78.9 Å². The molecule has 0 aliphatic rings. The Morgan fingerprint density at radius 2 is 1.62 bits per heavy atom. The zero-order valence-corrected chi connectivity index (χ0v) is 18.4. The van der Waals surface area contributed by atoms with Crippen LogP contribution in [0.2, 0.25) is 0 Å². The van der Waals surface area contributed by atoms with E-state index in [4.69, 9.17) is 9.72 Å². The highest BCUT2D eigenvalue weighted by molar-refractivity contribution is 6.05. The number of ether oxygens (including phenoxy) is 1. The summed E-state index contributed by atoms with van der Waals surface area (Å²) in [6, 6.07) is 22.2. The quantitative estimate of drug-likeness (QED) is 0.372. The normalized spacial score (nSPS) is 11.2. The highest BCUT2D eigenvalue weighted by Crippen LogP contribution is 2.31. The molecule has 0 aliphatic heterocycles. The number of methoxy groups -OCH3 is 1. The van der Waals surface area contributed by atoms with Gasteiger partial charge < -0.3 is 10.1 Å². The van der Waals surface area contributed by atoms with E-state index < -0.39 is 17.8 Å². The second kappa shape index (κ2) is 9.35. The van der Waals surface area contributed by atoms with Crippen molar-refractivity contribution in [3.8, 4) is 28.3 Å². The maximum absolute atomic E-state index is 12.9. The second-order valence-corrected chi connectivity index (χ2v) is 7.47. The van der Waals surface area contributed by atoms with Crippen molar-refractivity contribution in [2.75, 3.05) is 12.4 Å². The summed E-state index contributed by atoms with van der Waals surface area (Å²) in [4.78, 5) is 20.9. The Hall–Kier alpha value is -4.20. The number of anilines is 1. The van der Waals surface area contributed by atoms with E-state index in [1.165, 1.54) is 6.92 Å². The van der Waals surface area contributed by atoms with Gasteiger partial charge in [0.15, 0.2) is 0 Å². The molecule has 2 aromatic heterocycles. The summed E-state index contributed by atoms with van der Waals surface area (Å²) >= 11 is 0. The molecule has 8 heteroatoms. The van der Waals surface area contributed by atoms with Gasteiger partial charge in [0, 0.05) is 16.8 Å². The van der Waals surface area contributed by atoms with Crippen LogP contribution in [0.3, 0.4) is 0 Å². The molecule has 0 aliphatic carbocycles. The third-order valence-corrected chi connectivity index (χ3v) is 5.17. The minimum atomic E-state index is -4.57. The van der Waals surface area contributed by atoms with E-state index in [-0.39, 0.29) is 11.3 Å². The van der Waals surface area contributed by atoms with Crippen molar-refractivity contribution in [3.63, 3.8) is 0 Å². The maximum atomic E-state index is 12.9. The largest absolute Gasteiger partial charge is 0.496 e. The van der Waals surface area contributed by atoms with E-state index in [0.717, 1.165) is 29.0 Å². The number of aromatic nitrogens is 2. The van der Waals surface area contributed by atoms with Gasteiger partial charge in [0.25, 0.3) is 5.91 Å². The fourth-order valence-corrected chi connectivity index (χ4v) is 3.52. The molecule has 172 valence electrons. The van der Waals surface area contributed by atoms with Gasteiger partial charge >= 0.3 is 6.18 Å². The molecule has 0 unspecified atom stereocenters. The number of aryl methyl sites for hydroxylation is 1. The number of hydrogen-bond donors (Lipinski definition) is 1. The van der Waals surface area contributed by atoms with Crippen molar-refractivity contribution in [1.29, 1.82) is 0 Å². The van der Waals surface area contributed by atoms with E-state index in [1.54, 1.807) is 25.3 Å². The molecular formula is C26H20F3N3O2. The summed E-state index contributed by atoms with van der Waals surface area (Å²) in [5.41, 5.74) is 2.53. The van der Waals surface area contributed by atoms with Crippen LogP contribution in [0.5, 0.6) is 5.75 Å². The first-order valence-corrected chi connectivity index (χ1v) is 10.3. The van der Waals surface area contributed by atoms with Crippen molar-refractivity contribution < 1.29 is 22.7 Å². The van der Waals surface area contributed by atoms with Gasteiger partial charge in [0.2, 0.25) is 0 Å². The zero-order valence-electron chi connectivity index (χ0n) is 18.4. The molecule has 1 amide bonds. The van der Waals surface area contributed by atoms with E-state index >= 15 is 0 Å². The van der Waals surface area contributed by atoms with Gasteiger partial charge in [-0.25, -0.2) is 9.97 Å². The third-order valence-electron chi connectivity index (χ3n) is 5.17. The SMILES string of the molecule is COc1ccccc1-c1cccc(-c2cccc(NC(=O)c3ccc(C(F)(F)F)nc3C)c2)n1. The van der Waals surface area contributed by atoms with E-state index in [2.05, 4.69) is 10.3 Å². The average molecular weight is 463 g/mol. The highest BCUT2D eigenvalue weighted by atomic mass is 19.4. The van der Waals surface area contributed by atoms with Crippen LogP contribution >= 0.6 is 0 Å². The monoisotopic (exact) mass is 463 g/mol. The first-order valence-electron chi connectivity index (χ1n) is 10.3. The van der Waals surface area contributed by atoms with Crippen molar-refractivity contribution >= 4 is 11.6 Å². The Bertz CT molecular complexity index is 1350. The predicted octanol–water partition coefficient (Wildman–Crippen LogP) is 6.40. The number of amides is 1. The van der Waals surface area contributed by atoms with Crippen molar-refractivity contribution in [3.05, 3.63) is 95.8 Å². The molecule has 0 saturated carbocycles. The molecule has 1 N–H and O–H groups in total. The number of rotatable bonds is 5. The molecule has 0 atom stereocenters. The molecule has 2 aromatic carbocycles. The van der Waals surface area contributed by atoms with E-state index in [9.17, 15) is 18.0 Å². The zero-order chi connectivity index (χ0) is 24.3. The first kappa shape index (κ1) is 23.0. The number of halogens is 3. The van der Waals surface area contributed by atoms with Gasteiger partial charge in [-0.15, -0.1) is 0 Å². The van der Waals surface area contributed by atoms with Gasteiger partial charge in [-0.1, -0.05) is 30.3 Å². The fraction of sp³-hybridized carbons (Fsp3) is 0.115. The number of benzene rings is 2. The number of carbonyl (C=O) groups is 1. The second-order valence-electron chi connectivity index (χ2n) is 7.47. The maximum Gasteiger partial charge on any atom is 0.433 e. The topological polar surface area (TPSA) is 64.1 Å². The van der Waals surface area contributed by atoms with Gasteiger partial charge in [-0.05, 0) is 55.5 Å². The van der Waals surface area contributed by atoms with Gasteiger partial charge in [0.1, 0.15) is 11.4 Å². The molecule has 34 heavy (non-hydrogen) atoms. The fourth-order valence-electron chi connectivity index (χ4n) is 3.52. The Labute approximate surface area is 194 Å². The lowest BCUT2D eigenvalue weighted by Gasteiger charge is -2.12. The van der Waals surface area contributed by atoms with Crippen LogP contribution < -0.4 is 10.1 Å². The van der Waals surface area contributed by atoms with Crippen molar-refractivity contribution in [2.45, 2.75) is 13.1 Å². The molecule has 5 nitrogen and oxygen atoms in total. The highest BCUT2D eigenvalue weighted by Gasteiger charge is 2.33. The summed E-state index contributed by atoms with van der Waals surface area (Å²) in [5.74, 6) is 0.153. The summed E-state index contributed by atoms with van der Waals surface area (Å²) in [6.07, 6.45) is -4.57. The number of nitrogens with one attached hydrogen (secondary N) is 1. The smallest absolute Gasteiger partial charge is 0.433 e. The molecule has 0 fully saturated rings. The van der Waals surface area contributed by atoms with Crippen molar-refractivity contribution in [2.24, 2.45) is 0 Å². The van der Waals surface area contributed by atoms with Crippen LogP contribution in [0.25, 0.3) is 22.5 Å². The van der Waals surface area contributed by atoms with Gasteiger partial charge in [-0.3, -0.25) is 4.79 Å². The van der Waals surface area contributed by atoms with E-state index in [1.807, 2.05) is 48.5 Å². The number of alkyl halides is 3. The Kier molecular flexibility index (Phi) is 6.32. The van der Waals surface area contributed by atoms with Gasteiger partial charge in [0.05, 0.1) is 29.8 Å². The molecule has 0 saturated heterocycles. The Balaban J connectivity index is 1.59. The van der Waals surface area contributed by atoms with Crippen LogP contribution in [0.4, 0.5) is 18.9 Å². The lowest BCUT2D eigenvalue weighted by molar-refractivity contribution is -0.141. The third kappa shape index (κ3) is 4.91. The number of carbonyl (C=O) groups excluding carboxylic acids is 1. The van der Waals surface area contributed by atoms with E-state index in [0.29, 0.717) is 17.1 Å². The standard InChI is InChI=1S/C26H20F3N3O2/c1-16-19(13-14-24(30-16)26(27,28)29)25(33)31-18-8-5-7-17(15-18)21-10-6-11-22(32-21)20-9-3-4-12-23(20)34-2/h3-15H,1-2H3,(H,31,33). The molecule has 0 bridgehead atoms. The minimum absolute atomic E-state index is 0.00495. The number of nitrogens with zero attached hydrogens (tertiary/aromatic N) is 2. The predicted molar refractivity (Wildman–Crippen MR) is 124 cm³/mol. The van der Waals surface area contributed by atoms with Crippen LogP contribution in [-0.2, 0) is 6.18 Å². The number of hydrogen-bond acceptors (Lipinski definition) is 4. The lowest BCUT2D eigenvalue weighted by Crippen LogP contribution is -2.16. The Morgan fingerprint density at radius 3 is 2.35 bits per heavy atom. The number of para-hydroxylation sites is 1. The summed E-state index contributed by atoms with van der Waals surface area (Å²) in [5, 5.41) is 2.72. The molecule has 4 aromatic rings. The molecule has 0 spiro atoms. The summed E-state index contributed by atoms with van der Waals surface area (Å²) in [6.45, 7) is 1.37. The molecule has 2 heterocycles. The van der Waals surface area contributed by atoms with Crippen LogP contribution in [-0.4, -0.2) is 23.0 Å². The molecule has 0 radical (unpaired) electrons. The van der Waals surface area contributed by atoms with Crippen LogP contribution in [0, 0.1) is 6.92 Å². The molecular weight excluding hydrogens is 443 g/mol. The summed E-state index contributed by atoms with van der Waals surface area (Å²) < 4.78 is 44.0. The number of pyridine rings is 2. The lowest BCUT2D eigenvalue weighted by atomic mass is 10.1. The first-order chi connectivity index (χ1) is 16.3. The Morgan fingerprint density at radius 1 is 0.882 bits per heavy atom. The molecule has 4 rings (SSSR count). The minimum Gasteiger partial charge on any atom is -0.496 e. The van der Waals surface area contributed by atoms with Crippen LogP contribution in [0.1, 0.15) is 21.7 Å². The average Bonchev–Trinajstić information content (AvgIpc) is 2.83. The van der Waals surface area contributed by atoms with Gasteiger partial charge in [-0.2, -0.15) is 13.2 Å². The summed E-state index contributed by atoms with van der Waals surface area (Å²) in [7, 11) is 1.60.